The molecule has 2 rings (SSSR count). The highest BCUT2D eigenvalue weighted by atomic mass is 35.5. The number of Topliss-reactive ketones (excluding diaryl/α,β-unsaturated/α-hetero) is 1. The van der Waals surface area contributed by atoms with Crippen LogP contribution in [0, 0.1) is 17.0 Å². The number of rotatable bonds is 4. The van der Waals surface area contributed by atoms with Gasteiger partial charge in [0.1, 0.15) is 0 Å². The molecule has 4 nitrogen and oxygen atoms in total. The van der Waals surface area contributed by atoms with Crippen molar-refractivity contribution >= 4 is 23.1 Å². The highest BCUT2D eigenvalue weighted by molar-refractivity contribution is 6.30. The molecular weight excluding hydrogens is 278 g/mol. The van der Waals surface area contributed by atoms with Crippen LogP contribution in [-0.4, -0.2) is 10.7 Å². The van der Waals surface area contributed by atoms with Crippen molar-refractivity contribution in [3.8, 4) is 0 Å². The standard InChI is InChI=1S/C15H12ClNO3/c1-10-8-13(17(19)20)6-7-14(10)15(18)9-11-2-4-12(16)5-3-11/h2-8H,9H2,1H3. The third-order valence-corrected chi connectivity index (χ3v) is 3.25. The molecule has 0 heterocycles. The normalized spacial score (nSPS) is 10.3. The van der Waals surface area contributed by atoms with E-state index in [1.165, 1.54) is 18.2 Å². The number of halogens is 1. The molecule has 0 fully saturated rings. The fourth-order valence-electron chi connectivity index (χ4n) is 1.96. The Kier molecular flexibility index (Phi) is 4.15. The lowest BCUT2D eigenvalue weighted by atomic mass is 9.99. The van der Waals surface area contributed by atoms with E-state index in [9.17, 15) is 14.9 Å². The van der Waals surface area contributed by atoms with E-state index >= 15 is 0 Å². The number of nitro benzene ring substituents is 1. The van der Waals surface area contributed by atoms with Gasteiger partial charge in [-0.3, -0.25) is 14.9 Å². The Labute approximate surface area is 121 Å². The van der Waals surface area contributed by atoms with Crippen LogP contribution in [0.5, 0.6) is 0 Å². The fourth-order valence-corrected chi connectivity index (χ4v) is 2.08. The minimum Gasteiger partial charge on any atom is -0.294 e. The Morgan fingerprint density at radius 1 is 1.20 bits per heavy atom. The van der Waals surface area contributed by atoms with Crippen molar-refractivity contribution < 1.29 is 9.72 Å². The topological polar surface area (TPSA) is 60.2 Å². The molecule has 0 saturated heterocycles. The van der Waals surface area contributed by atoms with Gasteiger partial charge >= 0.3 is 0 Å². The van der Waals surface area contributed by atoms with Gasteiger partial charge in [0.15, 0.2) is 5.78 Å². The number of hydrogen-bond acceptors (Lipinski definition) is 3. The molecule has 0 aliphatic carbocycles. The summed E-state index contributed by atoms with van der Waals surface area (Å²) < 4.78 is 0. The fraction of sp³-hybridized carbons (Fsp3) is 0.133. The van der Waals surface area contributed by atoms with Gasteiger partial charge in [-0.1, -0.05) is 23.7 Å². The van der Waals surface area contributed by atoms with E-state index in [0.717, 1.165) is 5.56 Å². The van der Waals surface area contributed by atoms with Crippen molar-refractivity contribution in [1.82, 2.24) is 0 Å². The molecule has 0 atom stereocenters. The molecule has 0 unspecified atom stereocenters. The first kappa shape index (κ1) is 14.2. The number of carbonyl (C=O) groups is 1. The lowest BCUT2D eigenvalue weighted by Gasteiger charge is -2.05. The van der Waals surface area contributed by atoms with Crippen LogP contribution >= 0.6 is 11.6 Å². The third kappa shape index (κ3) is 3.22. The van der Waals surface area contributed by atoms with E-state index in [2.05, 4.69) is 0 Å². The second-order valence-electron chi connectivity index (χ2n) is 4.48. The molecule has 5 heteroatoms. The number of non-ortho nitro benzene ring substituents is 1. The van der Waals surface area contributed by atoms with Crippen molar-refractivity contribution in [2.24, 2.45) is 0 Å². The first-order valence-corrected chi connectivity index (χ1v) is 6.38. The highest BCUT2D eigenvalue weighted by Gasteiger charge is 2.13. The average molecular weight is 290 g/mol. The van der Waals surface area contributed by atoms with E-state index in [4.69, 9.17) is 11.6 Å². The molecule has 102 valence electrons. The van der Waals surface area contributed by atoms with Crippen molar-refractivity contribution in [1.29, 1.82) is 0 Å². The Morgan fingerprint density at radius 3 is 2.40 bits per heavy atom. The lowest BCUT2D eigenvalue weighted by Crippen LogP contribution is -2.06. The lowest BCUT2D eigenvalue weighted by molar-refractivity contribution is -0.384. The van der Waals surface area contributed by atoms with Gasteiger partial charge in [-0.15, -0.1) is 0 Å². The molecule has 0 saturated carbocycles. The third-order valence-electron chi connectivity index (χ3n) is 3.00. The number of nitro groups is 1. The van der Waals surface area contributed by atoms with Gasteiger partial charge in [-0.25, -0.2) is 0 Å². The number of ketones is 1. The summed E-state index contributed by atoms with van der Waals surface area (Å²) in [5.74, 6) is -0.0697. The van der Waals surface area contributed by atoms with E-state index in [1.807, 2.05) is 0 Å². The smallest absolute Gasteiger partial charge is 0.269 e. The van der Waals surface area contributed by atoms with Gasteiger partial charge < -0.3 is 0 Å². The second-order valence-corrected chi connectivity index (χ2v) is 4.92. The number of carbonyl (C=O) groups excluding carboxylic acids is 1. The Morgan fingerprint density at radius 2 is 1.85 bits per heavy atom. The molecule has 0 bridgehead atoms. The summed E-state index contributed by atoms with van der Waals surface area (Å²) >= 11 is 5.79. The number of hydrogen-bond donors (Lipinski definition) is 0. The molecule has 2 aromatic rings. The summed E-state index contributed by atoms with van der Waals surface area (Å²) in [7, 11) is 0. The summed E-state index contributed by atoms with van der Waals surface area (Å²) in [6.07, 6.45) is 0.246. The zero-order chi connectivity index (χ0) is 14.7. The van der Waals surface area contributed by atoms with E-state index in [-0.39, 0.29) is 17.9 Å². The number of nitrogens with zero attached hydrogens (tertiary/aromatic N) is 1. The molecule has 0 aliphatic rings. The van der Waals surface area contributed by atoms with Crippen molar-refractivity contribution in [3.63, 3.8) is 0 Å². The van der Waals surface area contributed by atoms with Crippen LogP contribution in [0.2, 0.25) is 5.02 Å². The average Bonchev–Trinajstić information content (AvgIpc) is 2.41. The molecular formula is C15H12ClNO3. The number of benzene rings is 2. The zero-order valence-electron chi connectivity index (χ0n) is 10.8. The molecule has 0 aliphatic heterocycles. The van der Waals surface area contributed by atoms with Gasteiger partial charge in [-0.2, -0.15) is 0 Å². The van der Waals surface area contributed by atoms with Crippen LogP contribution < -0.4 is 0 Å². The summed E-state index contributed by atoms with van der Waals surface area (Å²) in [6.45, 7) is 1.70. The van der Waals surface area contributed by atoms with E-state index in [0.29, 0.717) is 16.1 Å². The van der Waals surface area contributed by atoms with Gasteiger partial charge in [-0.05, 0) is 36.2 Å². The Balaban J connectivity index is 2.21. The zero-order valence-corrected chi connectivity index (χ0v) is 11.6. The minimum absolute atomic E-state index is 0.00876. The quantitative estimate of drug-likeness (QED) is 0.486. The predicted octanol–water partition coefficient (Wildman–Crippen LogP) is 3.98. The van der Waals surface area contributed by atoms with Gasteiger partial charge in [0.25, 0.3) is 5.69 Å². The van der Waals surface area contributed by atoms with Crippen LogP contribution in [0.4, 0.5) is 5.69 Å². The van der Waals surface area contributed by atoms with Crippen LogP contribution in [0.15, 0.2) is 42.5 Å². The Bertz CT molecular complexity index is 665. The largest absolute Gasteiger partial charge is 0.294 e. The van der Waals surface area contributed by atoms with Crippen LogP contribution in [0.3, 0.4) is 0 Å². The molecule has 0 radical (unpaired) electrons. The molecule has 0 aromatic heterocycles. The minimum atomic E-state index is -0.472. The van der Waals surface area contributed by atoms with Crippen molar-refractivity contribution in [3.05, 3.63) is 74.3 Å². The molecule has 0 N–H and O–H groups in total. The second kappa shape index (κ2) is 5.84. The van der Waals surface area contributed by atoms with Gasteiger partial charge in [0.2, 0.25) is 0 Å². The number of aryl methyl sites for hydroxylation is 1. The van der Waals surface area contributed by atoms with E-state index < -0.39 is 4.92 Å². The maximum Gasteiger partial charge on any atom is 0.269 e. The van der Waals surface area contributed by atoms with Gasteiger partial charge in [0.05, 0.1) is 4.92 Å². The highest BCUT2D eigenvalue weighted by Crippen LogP contribution is 2.19. The Hall–Kier alpha value is -2.20. The summed E-state index contributed by atoms with van der Waals surface area (Å²) in [5, 5.41) is 11.3. The van der Waals surface area contributed by atoms with Gasteiger partial charge in [0, 0.05) is 29.1 Å². The van der Waals surface area contributed by atoms with Crippen molar-refractivity contribution in [2.75, 3.05) is 0 Å². The maximum absolute atomic E-state index is 12.2. The first-order valence-electron chi connectivity index (χ1n) is 6.00. The summed E-state index contributed by atoms with van der Waals surface area (Å²) in [4.78, 5) is 22.4. The summed E-state index contributed by atoms with van der Waals surface area (Å²) in [5.41, 5.74) is 1.96. The van der Waals surface area contributed by atoms with Crippen LogP contribution in [0.25, 0.3) is 0 Å². The molecule has 0 amide bonds. The SMILES string of the molecule is Cc1cc([N+](=O)[O-])ccc1C(=O)Cc1ccc(Cl)cc1. The maximum atomic E-state index is 12.2. The summed E-state index contributed by atoms with van der Waals surface area (Å²) in [6, 6.07) is 11.3. The van der Waals surface area contributed by atoms with Crippen LogP contribution in [0.1, 0.15) is 21.5 Å². The molecule has 0 spiro atoms. The first-order chi connectivity index (χ1) is 9.47. The predicted molar refractivity (Wildman–Crippen MR) is 77.3 cm³/mol. The van der Waals surface area contributed by atoms with Crippen LogP contribution in [-0.2, 0) is 6.42 Å². The molecule has 2 aromatic carbocycles. The van der Waals surface area contributed by atoms with Crippen molar-refractivity contribution in [2.45, 2.75) is 13.3 Å². The monoisotopic (exact) mass is 289 g/mol. The van der Waals surface area contributed by atoms with E-state index in [1.54, 1.807) is 31.2 Å². The molecule has 20 heavy (non-hydrogen) atoms.